The summed E-state index contributed by atoms with van der Waals surface area (Å²) >= 11 is 1.40. The molecular weight excluding hydrogens is 448 g/mol. The number of Topliss-reactive ketones (excluding diaryl/α,β-unsaturated/α-hetero) is 1. The monoisotopic (exact) mass is 481 g/mol. The van der Waals surface area contributed by atoms with Crippen LogP contribution in [-0.4, -0.2) is 56.3 Å². The molecule has 1 fully saturated rings. The van der Waals surface area contributed by atoms with Crippen LogP contribution in [0.2, 0.25) is 0 Å². The van der Waals surface area contributed by atoms with Gasteiger partial charge in [0.25, 0.3) is 11.1 Å². The Morgan fingerprint density at radius 2 is 2.03 bits per heavy atom. The van der Waals surface area contributed by atoms with Gasteiger partial charge in [-0.3, -0.25) is 9.69 Å². The summed E-state index contributed by atoms with van der Waals surface area (Å²) in [5.74, 6) is -1.38. The lowest BCUT2D eigenvalue weighted by molar-refractivity contribution is -0.119. The number of halogens is 2. The van der Waals surface area contributed by atoms with Crippen LogP contribution in [0.5, 0.6) is 5.19 Å². The number of fused-ring (bicyclic) bond motifs is 1. The quantitative estimate of drug-likeness (QED) is 0.510. The first kappa shape index (κ1) is 24.2. The predicted molar refractivity (Wildman–Crippen MR) is 122 cm³/mol. The van der Waals surface area contributed by atoms with Gasteiger partial charge < -0.3 is 4.74 Å². The van der Waals surface area contributed by atoms with Crippen molar-refractivity contribution in [1.29, 1.82) is 0 Å². The van der Waals surface area contributed by atoms with Crippen LogP contribution in [0.4, 0.5) is 8.78 Å². The second kappa shape index (κ2) is 10.5. The number of carbonyl (C=O) groups is 1. The number of thiazole rings is 1. The lowest BCUT2D eigenvalue weighted by atomic mass is 9.78. The Morgan fingerprint density at radius 3 is 2.73 bits per heavy atom. The zero-order valence-corrected chi connectivity index (χ0v) is 20.3. The van der Waals surface area contributed by atoms with E-state index in [2.05, 4.69) is 20.1 Å². The van der Waals surface area contributed by atoms with Crippen LogP contribution in [0.15, 0.2) is 6.20 Å². The predicted octanol–water partition coefficient (Wildman–Crippen LogP) is 4.06. The first-order chi connectivity index (χ1) is 15.7. The Bertz CT molecular complexity index is 934. The van der Waals surface area contributed by atoms with Gasteiger partial charge in [-0.05, 0) is 44.1 Å². The van der Waals surface area contributed by atoms with Gasteiger partial charge in [-0.15, -0.1) is 0 Å². The van der Waals surface area contributed by atoms with E-state index >= 15 is 0 Å². The van der Waals surface area contributed by atoms with Gasteiger partial charge in [0.1, 0.15) is 5.78 Å². The van der Waals surface area contributed by atoms with E-state index < -0.39 is 12.5 Å². The van der Waals surface area contributed by atoms with Crippen LogP contribution in [0.3, 0.4) is 0 Å². The van der Waals surface area contributed by atoms with Crippen LogP contribution in [0, 0.1) is 11.8 Å². The highest BCUT2D eigenvalue weighted by Crippen LogP contribution is 2.34. The molecule has 0 bridgehead atoms. The number of hydrogen-bond acceptors (Lipinski definition) is 7. The Balaban J connectivity index is 1.15. The van der Waals surface area contributed by atoms with Crippen molar-refractivity contribution in [1.82, 2.24) is 24.9 Å². The molecule has 2 aliphatic rings. The van der Waals surface area contributed by atoms with E-state index in [1.54, 1.807) is 13.2 Å². The summed E-state index contributed by atoms with van der Waals surface area (Å²) in [6, 6.07) is 0. The number of ether oxygens (including phenoxy) is 1. The fourth-order valence-electron chi connectivity index (χ4n) is 4.82. The third-order valence-electron chi connectivity index (χ3n) is 6.60. The third kappa shape index (κ3) is 7.27. The highest BCUT2D eigenvalue weighted by atomic mass is 32.1. The second-order valence-corrected chi connectivity index (χ2v) is 10.7. The molecule has 0 amide bonds. The van der Waals surface area contributed by atoms with E-state index in [9.17, 15) is 13.6 Å². The molecule has 0 saturated heterocycles. The third-order valence-corrected chi connectivity index (χ3v) is 7.67. The molecule has 3 heterocycles. The minimum Gasteiger partial charge on any atom is -0.464 e. The number of rotatable bonds is 10. The molecule has 0 unspecified atom stereocenters. The molecule has 1 aliphatic heterocycles. The summed E-state index contributed by atoms with van der Waals surface area (Å²) in [6.45, 7) is 3.00. The largest absolute Gasteiger partial charge is 0.464 e. The maximum atomic E-state index is 13.0. The van der Waals surface area contributed by atoms with Crippen LogP contribution < -0.4 is 4.74 Å². The Labute approximate surface area is 197 Å². The fourth-order valence-corrected chi connectivity index (χ4v) is 5.73. The molecule has 1 saturated carbocycles. The minimum atomic E-state index is -2.85. The Hall–Kier alpha value is -1.94. The van der Waals surface area contributed by atoms with Crippen LogP contribution in [0.1, 0.15) is 61.7 Å². The van der Waals surface area contributed by atoms with Crippen molar-refractivity contribution in [3.8, 4) is 5.19 Å². The van der Waals surface area contributed by atoms with Crippen LogP contribution in [-0.2, 0) is 31.2 Å². The van der Waals surface area contributed by atoms with Gasteiger partial charge in [0.2, 0.25) is 0 Å². The Morgan fingerprint density at radius 1 is 1.27 bits per heavy atom. The summed E-state index contributed by atoms with van der Waals surface area (Å²) in [5.41, 5.74) is 1.73. The molecule has 10 heteroatoms. The minimum absolute atomic E-state index is 0.261. The molecule has 4 rings (SSSR count). The van der Waals surface area contributed by atoms with Gasteiger partial charge in [-0.25, -0.2) is 13.8 Å². The van der Waals surface area contributed by atoms with E-state index in [4.69, 9.17) is 4.74 Å². The van der Waals surface area contributed by atoms with Crippen molar-refractivity contribution in [2.75, 3.05) is 19.7 Å². The number of aromatic nitrogens is 4. The Kier molecular flexibility index (Phi) is 7.73. The van der Waals surface area contributed by atoms with E-state index in [0.717, 1.165) is 68.5 Å². The molecule has 0 atom stereocenters. The van der Waals surface area contributed by atoms with Crippen molar-refractivity contribution < 1.29 is 18.3 Å². The van der Waals surface area contributed by atoms with Gasteiger partial charge in [-0.2, -0.15) is 15.0 Å². The van der Waals surface area contributed by atoms with Gasteiger partial charge in [0.05, 0.1) is 24.0 Å². The first-order valence-electron chi connectivity index (χ1n) is 11.8. The average Bonchev–Trinajstić information content (AvgIpc) is 3.36. The zero-order chi connectivity index (χ0) is 23.4. The van der Waals surface area contributed by atoms with Crippen molar-refractivity contribution in [2.24, 2.45) is 18.9 Å². The highest BCUT2D eigenvalue weighted by Gasteiger charge is 2.27. The molecule has 0 radical (unpaired) electrons. The summed E-state index contributed by atoms with van der Waals surface area (Å²) in [5, 5.41) is 8.58. The maximum absolute atomic E-state index is 13.0. The van der Waals surface area contributed by atoms with E-state index in [0.29, 0.717) is 29.9 Å². The summed E-state index contributed by atoms with van der Waals surface area (Å²) in [7, 11) is 1.76. The van der Waals surface area contributed by atoms with Crippen molar-refractivity contribution in [2.45, 2.75) is 70.8 Å². The topological polar surface area (TPSA) is 73.1 Å². The van der Waals surface area contributed by atoms with Gasteiger partial charge in [-0.1, -0.05) is 24.2 Å². The van der Waals surface area contributed by atoms with E-state index in [1.807, 2.05) is 0 Å². The fraction of sp³-hybridized carbons (Fsp3) is 0.739. The van der Waals surface area contributed by atoms with Crippen molar-refractivity contribution in [3.05, 3.63) is 22.5 Å². The van der Waals surface area contributed by atoms with Gasteiger partial charge in [0.15, 0.2) is 6.61 Å². The molecule has 33 heavy (non-hydrogen) atoms. The summed E-state index contributed by atoms with van der Waals surface area (Å²) in [6.07, 6.45) is 9.37. The van der Waals surface area contributed by atoms with Gasteiger partial charge >= 0.3 is 0 Å². The summed E-state index contributed by atoms with van der Waals surface area (Å²) < 4.78 is 31.2. The smallest absolute Gasteiger partial charge is 0.278 e. The number of carbonyl (C=O) groups excluding carboxylic acids is 1. The number of ketones is 1. The molecule has 2 aromatic heterocycles. The molecule has 182 valence electrons. The number of nitrogens with zero attached hydrogens (tertiary/aromatic N) is 5. The molecular formula is C23H33F2N5O2S. The lowest BCUT2D eigenvalue weighted by Crippen LogP contribution is -2.32. The van der Waals surface area contributed by atoms with E-state index in [-0.39, 0.29) is 5.78 Å². The molecule has 7 nitrogen and oxygen atoms in total. The van der Waals surface area contributed by atoms with Crippen molar-refractivity contribution in [3.63, 3.8) is 0 Å². The van der Waals surface area contributed by atoms with Gasteiger partial charge in [0, 0.05) is 38.4 Å². The second-order valence-electron chi connectivity index (χ2n) is 9.66. The number of alkyl halides is 2. The van der Waals surface area contributed by atoms with Crippen molar-refractivity contribution >= 4 is 17.1 Å². The molecule has 2 aromatic rings. The first-order valence-corrected chi connectivity index (χ1v) is 12.6. The molecule has 1 aliphatic carbocycles. The molecule has 0 N–H and O–H groups in total. The lowest BCUT2D eigenvalue weighted by Gasteiger charge is -2.31. The van der Waals surface area contributed by atoms with Crippen LogP contribution >= 0.6 is 11.3 Å². The molecule has 0 spiro atoms. The molecule has 0 aromatic carbocycles. The highest BCUT2D eigenvalue weighted by molar-refractivity contribution is 7.13. The number of aryl methyl sites for hydroxylation is 1. The summed E-state index contributed by atoms with van der Waals surface area (Å²) in [4.78, 5) is 21.9. The maximum Gasteiger partial charge on any atom is 0.278 e. The average molecular weight is 482 g/mol. The van der Waals surface area contributed by atoms with E-state index in [1.165, 1.54) is 29.0 Å². The number of hydrogen-bond donors (Lipinski definition) is 0. The zero-order valence-electron chi connectivity index (χ0n) is 19.4. The van der Waals surface area contributed by atoms with Crippen LogP contribution in [0.25, 0.3) is 0 Å². The SMILES string of the molecule is Cn1ncc(CC(=O)CC2CCC(CCN3CCc4sc(OCC(C)(F)F)nc4C3)CC2)n1. The standard InChI is InChI=1S/C23H33F2N5O2S/c1-23(24,25)15-32-22-27-20-14-30(10-8-21(20)33-22)9-7-16-3-5-17(6-4-16)11-19(31)12-18-13-26-29(2)28-18/h13,16-17H,3-12,14-15H2,1-2H3. The normalized spacial score (nSPS) is 21.7.